The predicted molar refractivity (Wildman–Crippen MR) is 162 cm³/mol. The lowest BCUT2D eigenvalue weighted by Crippen LogP contribution is -2.34. The van der Waals surface area contributed by atoms with Crippen molar-refractivity contribution < 1.29 is 9.47 Å². The number of hydrogen-bond acceptors (Lipinski definition) is 2. The van der Waals surface area contributed by atoms with E-state index in [1.807, 2.05) is 30.3 Å². The first kappa shape index (κ1) is 25.8. The third-order valence-electron chi connectivity index (χ3n) is 6.84. The van der Waals surface area contributed by atoms with Crippen LogP contribution in [0.25, 0.3) is 0 Å². The Morgan fingerprint density at radius 3 is 1.45 bits per heavy atom. The van der Waals surface area contributed by atoms with Crippen LogP contribution in [0.15, 0.2) is 146 Å². The Morgan fingerprint density at radius 1 is 0.447 bits per heavy atom. The molecule has 190 valence electrons. The monoisotopic (exact) mass is 517 g/mol. The smallest absolute Gasteiger partial charge is 0.122 e. The van der Waals surface area contributed by atoms with Gasteiger partial charge >= 0.3 is 0 Å². The van der Waals surface area contributed by atoms with Crippen LogP contribution in [0.2, 0.25) is 0 Å². The van der Waals surface area contributed by atoms with Crippen molar-refractivity contribution in [3.8, 4) is 11.5 Å². The third kappa shape index (κ3) is 6.15. The van der Waals surface area contributed by atoms with Gasteiger partial charge in [0.25, 0.3) is 0 Å². The Hall–Kier alpha value is -3.87. The molecule has 0 bridgehead atoms. The van der Waals surface area contributed by atoms with E-state index in [0.717, 1.165) is 30.5 Å². The fourth-order valence-electron chi connectivity index (χ4n) is 4.97. The fraction of sp³-hybridized carbons (Fsp3) is 0.143. The van der Waals surface area contributed by atoms with Crippen LogP contribution in [0, 0.1) is 0 Å². The Bertz CT molecular complexity index is 1280. The van der Waals surface area contributed by atoms with Gasteiger partial charge in [-0.3, -0.25) is 0 Å². The first-order valence-corrected chi connectivity index (χ1v) is 15.3. The average Bonchev–Trinajstić information content (AvgIpc) is 3.00. The van der Waals surface area contributed by atoms with E-state index < -0.39 is 7.26 Å². The summed E-state index contributed by atoms with van der Waals surface area (Å²) in [5.74, 6) is 1.87. The molecule has 38 heavy (non-hydrogen) atoms. The number of para-hydroxylation sites is 2. The maximum Gasteiger partial charge on any atom is 0.122 e. The topological polar surface area (TPSA) is 18.5 Å². The second-order valence-corrected chi connectivity index (χ2v) is 12.9. The minimum absolute atomic E-state index is 0.625. The molecular formula is C35H34O2P+. The van der Waals surface area contributed by atoms with Gasteiger partial charge in [0.2, 0.25) is 0 Å². The maximum absolute atomic E-state index is 6.29. The standard InChI is InChI=1S/C35H34O2P/c1-5-17-31(18-6-1)36-27-15-28-37-35-25-14-13-16-30(35)26-29-38(32-19-7-2-8-20-32,33-21-9-3-10-22-33)34-23-11-4-12-24-34/h1-14,16-25H,15,26-29H2/q+1. The second-order valence-electron chi connectivity index (χ2n) is 9.26. The highest BCUT2D eigenvalue weighted by molar-refractivity contribution is 7.95. The molecule has 0 aliphatic carbocycles. The van der Waals surface area contributed by atoms with Gasteiger partial charge in [-0.15, -0.1) is 0 Å². The SMILES string of the molecule is c1ccc(OCCCOc2ccccc2CC[P+](c2ccccc2)(c2ccccc2)c2ccccc2)cc1. The first-order valence-electron chi connectivity index (χ1n) is 13.3. The number of ether oxygens (including phenoxy) is 2. The molecule has 0 N–H and O–H groups in total. The number of rotatable bonds is 12. The van der Waals surface area contributed by atoms with Crippen LogP contribution in [0.5, 0.6) is 11.5 Å². The molecule has 0 saturated heterocycles. The number of benzene rings is 5. The van der Waals surface area contributed by atoms with Crippen molar-refractivity contribution >= 4 is 23.2 Å². The molecule has 0 saturated carbocycles. The van der Waals surface area contributed by atoms with Crippen LogP contribution >= 0.6 is 7.26 Å². The molecule has 0 spiro atoms. The van der Waals surface area contributed by atoms with Crippen LogP contribution in [0.4, 0.5) is 0 Å². The van der Waals surface area contributed by atoms with E-state index in [4.69, 9.17) is 9.47 Å². The van der Waals surface area contributed by atoms with E-state index >= 15 is 0 Å². The molecule has 0 amide bonds. The van der Waals surface area contributed by atoms with E-state index in [1.165, 1.54) is 21.5 Å². The van der Waals surface area contributed by atoms with Gasteiger partial charge in [0, 0.05) is 12.8 Å². The van der Waals surface area contributed by atoms with Crippen molar-refractivity contribution in [2.45, 2.75) is 12.8 Å². The highest BCUT2D eigenvalue weighted by Crippen LogP contribution is 2.55. The zero-order valence-electron chi connectivity index (χ0n) is 21.7. The van der Waals surface area contributed by atoms with Crippen molar-refractivity contribution in [1.82, 2.24) is 0 Å². The van der Waals surface area contributed by atoms with Gasteiger partial charge in [-0.2, -0.15) is 0 Å². The molecule has 0 aliphatic rings. The van der Waals surface area contributed by atoms with Crippen molar-refractivity contribution in [2.24, 2.45) is 0 Å². The summed E-state index contributed by atoms with van der Waals surface area (Å²) in [6.45, 7) is 1.26. The van der Waals surface area contributed by atoms with Gasteiger partial charge in [0.05, 0.1) is 19.4 Å². The van der Waals surface area contributed by atoms with Gasteiger partial charge in [-0.05, 0) is 60.2 Å². The molecule has 0 aromatic heterocycles. The zero-order valence-corrected chi connectivity index (χ0v) is 22.6. The van der Waals surface area contributed by atoms with Gasteiger partial charge in [-0.25, -0.2) is 0 Å². The highest BCUT2D eigenvalue weighted by atomic mass is 31.2. The largest absolute Gasteiger partial charge is 0.493 e. The zero-order chi connectivity index (χ0) is 25.9. The predicted octanol–water partition coefficient (Wildman–Crippen LogP) is 7.07. The van der Waals surface area contributed by atoms with Gasteiger partial charge in [-0.1, -0.05) is 91.0 Å². The molecule has 0 heterocycles. The van der Waals surface area contributed by atoms with E-state index in [1.54, 1.807) is 0 Å². The van der Waals surface area contributed by atoms with Crippen molar-refractivity contribution in [3.63, 3.8) is 0 Å². The Balaban J connectivity index is 1.37. The van der Waals surface area contributed by atoms with Crippen LogP contribution in [-0.4, -0.2) is 19.4 Å². The lowest BCUT2D eigenvalue weighted by atomic mass is 10.1. The first-order chi connectivity index (χ1) is 18.9. The van der Waals surface area contributed by atoms with Crippen molar-refractivity contribution in [2.75, 3.05) is 19.4 Å². The average molecular weight is 518 g/mol. The third-order valence-corrected chi connectivity index (χ3v) is 11.3. The quantitative estimate of drug-likeness (QED) is 0.130. The molecule has 5 aromatic rings. The summed E-state index contributed by atoms with van der Waals surface area (Å²) in [6.07, 6.45) is 2.80. The molecule has 5 aromatic carbocycles. The van der Waals surface area contributed by atoms with Crippen LogP contribution in [0.1, 0.15) is 12.0 Å². The molecule has 3 heteroatoms. The van der Waals surface area contributed by atoms with E-state index in [9.17, 15) is 0 Å². The lowest BCUT2D eigenvalue weighted by molar-refractivity contribution is 0.246. The molecule has 0 radical (unpaired) electrons. The molecule has 2 nitrogen and oxygen atoms in total. The minimum Gasteiger partial charge on any atom is -0.493 e. The van der Waals surface area contributed by atoms with Crippen molar-refractivity contribution in [3.05, 3.63) is 151 Å². The summed E-state index contributed by atoms with van der Waals surface area (Å²) in [7, 11) is -1.88. The van der Waals surface area contributed by atoms with E-state index in [0.29, 0.717) is 13.2 Å². The summed E-state index contributed by atoms with van der Waals surface area (Å²) in [4.78, 5) is 0. The van der Waals surface area contributed by atoms with Crippen LogP contribution in [-0.2, 0) is 6.42 Å². The van der Waals surface area contributed by atoms with Crippen LogP contribution < -0.4 is 25.4 Å². The fourth-order valence-corrected chi connectivity index (χ4v) is 9.26. The molecule has 0 aliphatic heterocycles. The second kappa shape index (κ2) is 13.1. The van der Waals surface area contributed by atoms with Gasteiger partial charge in [0.1, 0.15) is 34.7 Å². The summed E-state index contributed by atoms with van der Waals surface area (Å²) in [6, 6.07) is 51.6. The Kier molecular flexibility index (Phi) is 8.87. The van der Waals surface area contributed by atoms with Gasteiger partial charge < -0.3 is 9.47 Å². The summed E-state index contributed by atoms with van der Waals surface area (Å²) in [5.41, 5.74) is 1.25. The maximum atomic E-state index is 6.29. The Labute approximate surface area is 227 Å². The molecule has 5 rings (SSSR count). The Morgan fingerprint density at radius 2 is 0.895 bits per heavy atom. The summed E-state index contributed by atoms with van der Waals surface area (Å²) < 4.78 is 12.1. The molecule has 0 unspecified atom stereocenters. The van der Waals surface area contributed by atoms with Gasteiger partial charge in [0.15, 0.2) is 0 Å². The van der Waals surface area contributed by atoms with Crippen LogP contribution in [0.3, 0.4) is 0 Å². The minimum atomic E-state index is -1.88. The normalized spacial score (nSPS) is 11.2. The molecule has 0 fully saturated rings. The van der Waals surface area contributed by atoms with Crippen molar-refractivity contribution in [1.29, 1.82) is 0 Å². The number of hydrogen-bond donors (Lipinski definition) is 0. The highest BCUT2D eigenvalue weighted by Gasteiger charge is 2.44. The van der Waals surface area contributed by atoms with E-state index in [-0.39, 0.29) is 0 Å². The molecule has 0 atom stereocenters. The summed E-state index contributed by atoms with van der Waals surface area (Å²) in [5, 5.41) is 4.23. The molecular weight excluding hydrogens is 483 g/mol. The lowest BCUT2D eigenvalue weighted by Gasteiger charge is -2.28. The summed E-state index contributed by atoms with van der Waals surface area (Å²) >= 11 is 0. The van der Waals surface area contributed by atoms with E-state index in [2.05, 4.69) is 115 Å². The number of aryl methyl sites for hydroxylation is 1.